The quantitative estimate of drug-likeness (QED) is 0.493. The van der Waals surface area contributed by atoms with Crippen molar-refractivity contribution in [3.63, 3.8) is 0 Å². The highest BCUT2D eigenvalue weighted by molar-refractivity contribution is 5.94. The van der Waals surface area contributed by atoms with E-state index < -0.39 is 23.7 Å². The van der Waals surface area contributed by atoms with Gasteiger partial charge in [0.15, 0.2) is 0 Å². The van der Waals surface area contributed by atoms with Gasteiger partial charge in [-0.1, -0.05) is 13.8 Å². The molecule has 9 nitrogen and oxygen atoms in total. The number of likely N-dealkylation sites (N-methyl/N-ethyl adjacent to an activating group) is 1. The summed E-state index contributed by atoms with van der Waals surface area (Å²) in [5.74, 6) is -1.06. The Morgan fingerprint density at radius 1 is 1.08 bits per heavy atom. The van der Waals surface area contributed by atoms with Gasteiger partial charge in [-0.3, -0.25) is 9.59 Å². The monoisotopic (exact) mass is 535 g/mol. The normalized spacial score (nSPS) is 20.0. The number of alkyl halides is 3. The number of halogens is 3. The highest BCUT2D eigenvalue weighted by Gasteiger charge is 2.38. The maximum Gasteiger partial charge on any atom is 0.421 e. The minimum atomic E-state index is -4.66. The fourth-order valence-electron chi connectivity index (χ4n) is 4.70. The van der Waals surface area contributed by atoms with E-state index in [4.69, 9.17) is 0 Å². The summed E-state index contributed by atoms with van der Waals surface area (Å²) in [6.07, 6.45) is -2.03. The van der Waals surface area contributed by atoms with Crippen LogP contribution in [0.25, 0.3) is 0 Å². The summed E-state index contributed by atoms with van der Waals surface area (Å²) >= 11 is 0. The zero-order valence-corrected chi connectivity index (χ0v) is 20.9. The molecule has 0 spiro atoms. The molecule has 0 unspecified atom stereocenters. The second-order valence-electron chi connectivity index (χ2n) is 9.43. The van der Waals surface area contributed by atoms with E-state index in [-0.39, 0.29) is 31.0 Å². The van der Waals surface area contributed by atoms with Crippen LogP contribution in [0.1, 0.15) is 49.5 Å². The number of carbonyl (C=O) groups is 2. The fraction of sp³-hybridized carbons (Fsp3) is 0.538. The van der Waals surface area contributed by atoms with Crippen molar-refractivity contribution in [2.75, 3.05) is 50.4 Å². The predicted octanol–water partition coefficient (Wildman–Crippen LogP) is 3.98. The first kappa shape index (κ1) is 29.2. The largest absolute Gasteiger partial charge is 0.421 e. The number of piperazine rings is 1. The molecule has 1 aliphatic heterocycles. The van der Waals surface area contributed by atoms with E-state index in [0.717, 1.165) is 25.7 Å². The van der Waals surface area contributed by atoms with Gasteiger partial charge in [0, 0.05) is 56.2 Å². The smallest absolute Gasteiger partial charge is 0.366 e. The molecule has 2 heterocycles. The molecule has 208 valence electrons. The van der Waals surface area contributed by atoms with Gasteiger partial charge in [0.05, 0.1) is 5.92 Å². The maximum absolute atomic E-state index is 13.7. The molecule has 2 atom stereocenters. The molecule has 0 bridgehead atoms. The molecule has 1 aromatic carbocycles. The highest BCUT2D eigenvalue weighted by Crippen LogP contribution is 2.36. The highest BCUT2D eigenvalue weighted by atomic mass is 19.4. The molecule has 12 heteroatoms. The zero-order chi connectivity index (χ0) is 26.6. The molecule has 1 saturated heterocycles. The summed E-state index contributed by atoms with van der Waals surface area (Å²) in [6.45, 7) is 5.21. The van der Waals surface area contributed by atoms with Crippen LogP contribution in [-0.2, 0) is 11.0 Å². The minimum absolute atomic E-state index is 0. The standard InChI is InChI=1S/C25H32F3N7O2.CH4/c1-3-29-22(36)18-5-4-6-20(18)32-21-19(25(26,27)28)15-30-24(33-21)31-17-9-7-16(8-10-17)23(37)35-13-11-34(2)12-14-35;/h7-10,15,18,20H,3-6,11-14H2,1-2H3,(H,29,36)(H2,30,31,32,33);1H4/t18-,20+;/m0./s1. The maximum atomic E-state index is 13.7. The van der Waals surface area contributed by atoms with E-state index in [1.165, 1.54) is 0 Å². The predicted molar refractivity (Wildman–Crippen MR) is 140 cm³/mol. The van der Waals surface area contributed by atoms with Crippen LogP contribution in [0.4, 0.5) is 30.6 Å². The van der Waals surface area contributed by atoms with Crippen molar-refractivity contribution in [1.29, 1.82) is 0 Å². The second kappa shape index (κ2) is 12.4. The van der Waals surface area contributed by atoms with E-state index in [2.05, 4.69) is 30.8 Å². The van der Waals surface area contributed by atoms with E-state index >= 15 is 0 Å². The first-order valence-corrected chi connectivity index (χ1v) is 12.5. The first-order chi connectivity index (χ1) is 17.7. The average Bonchev–Trinajstić information content (AvgIpc) is 3.32. The Balaban J connectivity index is 0.00000400. The summed E-state index contributed by atoms with van der Waals surface area (Å²) in [5, 5.41) is 8.53. The molecule has 0 radical (unpaired) electrons. The average molecular weight is 536 g/mol. The van der Waals surface area contributed by atoms with Crippen molar-refractivity contribution in [2.45, 2.75) is 45.8 Å². The van der Waals surface area contributed by atoms with Crippen molar-refractivity contribution < 1.29 is 22.8 Å². The fourth-order valence-corrected chi connectivity index (χ4v) is 4.70. The van der Waals surface area contributed by atoms with Crippen LogP contribution >= 0.6 is 0 Å². The number of amides is 2. The molecule has 3 N–H and O–H groups in total. The van der Waals surface area contributed by atoms with Crippen LogP contribution in [0.15, 0.2) is 30.5 Å². The summed E-state index contributed by atoms with van der Waals surface area (Å²) < 4.78 is 41.1. The molecule has 1 aliphatic carbocycles. The van der Waals surface area contributed by atoms with Crippen LogP contribution in [0.2, 0.25) is 0 Å². The van der Waals surface area contributed by atoms with Gasteiger partial charge in [0.1, 0.15) is 11.4 Å². The van der Waals surface area contributed by atoms with Gasteiger partial charge >= 0.3 is 6.18 Å². The van der Waals surface area contributed by atoms with Crippen molar-refractivity contribution in [2.24, 2.45) is 5.92 Å². The summed E-state index contributed by atoms with van der Waals surface area (Å²) in [7, 11) is 2.02. The van der Waals surface area contributed by atoms with Crippen LogP contribution in [0, 0.1) is 5.92 Å². The molecule has 2 fully saturated rings. The molecule has 1 aromatic heterocycles. The summed E-state index contributed by atoms with van der Waals surface area (Å²) in [5.41, 5.74) is 0.0675. The third kappa shape index (κ3) is 6.91. The first-order valence-electron chi connectivity index (χ1n) is 12.5. The molecule has 2 aliphatic rings. The number of hydrogen-bond acceptors (Lipinski definition) is 7. The number of aromatic nitrogens is 2. The van der Waals surface area contributed by atoms with Gasteiger partial charge in [-0.25, -0.2) is 4.98 Å². The lowest BCUT2D eigenvalue weighted by molar-refractivity contribution is -0.137. The van der Waals surface area contributed by atoms with Crippen molar-refractivity contribution >= 4 is 29.3 Å². The van der Waals surface area contributed by atoms with Gasteiger partial charge in [0.25, 0.3) is 5.91 Å². The van der Waals surface area contributed by atoms with Crippen LogP contribution in [0.5, 0.6) is 0 Å². The van der Waals surface area contributed by atoms with Crippen LogP contribution in [0.3, 0.4) is 0 Å². The Hall–Kier alpha value is -3.41. The topological polar surface area (TPSA) is 102 Å². The Morgan fingerprint density at radius 2 is 1.76 bits per heavy atom. The molecular weight excluding hydrogens is 499 g/mol. The lowest BCUT2D eigenvalue weighted by Crippen LogP contribution is -2.47. The number of benzene rings is 1. The minimum Gasteiger partial charge on any atom is -0.366 e. The molecular formula is C26H36F3N7O2. The van der Waals surface area contributed by atoms with E-state index in [1.54, 1.807) is 36.1 Å². The third-order valence-electron chi connectivity index (χ3n) is 6.80. The lowest BCUT2D eigenvalue weighted by Gasteiger charge is -2.32. The Kier molecular flexibility index (Phi) is 9.53. The second-order valence-corrected chi connectivity index (χ2v) is 9.43. The molecule has 2 amide bonds. The van der Waals surface area contributed by atoms with Gasteiger partial charge in [-0.2, -0.15) is 18.2 Å². The van der Waals surface area contributed by atoms with Gasteiger partial charge in [0.2, 0.25) is 11.9 Å². The number of rotatable bonds is 7. The van der Waals surface area contributed by atoms with Crippen LogP contribution in [-0.4, -0.2) is 77.4 Å². The molecule has 1 saturated carbocycles. The zero-order valence-electron chi connectivity index (χ0n) is 20.9. The van der Waals surface area contributed by atoms with Gasteiger partial charge < -0.3 is 25.8 Å². The Labute approximate surface area is 221 Å². The van der Waals surface area contributed by atoms with Gasteiger partial charge in [-0.15, -0.1) is 0 Å². The molecule has 2 aromatic rings. The van der Waals surface area contributed by atoms with Crippen molar-refractivity contribution in [3.8, 4) is 0 Å². The van der Waals surface area contributed by atoms with E-state index in [0.29, 0.717) is 43.7 Å². The van der Waals surface area contributed by atoms with Crippen LogP contribution < -0.4 is 16.0 Å². The number of anilines is 3. The lowest BCUT2D eigenvalue weighted by atomic mass is 10.0. The molecule has 4 rings (SSSR count). The van der Waals surface area contributed by atoms with Crippen molar-refractivity contribution in [3.05, 3.63) is 41.6 Å². The molecule has 38 heavy (non-hydrogen) atoms. The Bertz CT molecular complexity index is 1100. The number of nitrogens with zero attached hydrogens (tertiary/aromatic N) is 4. The summed E-state index contributed by atoms with van der Waals surface area (Å²) in [6, 6.07) is 6.21. The van der Waals surface area contributed by atoms with Crippen molar-refractivity contribution in [1.82, 2.24) is 25.1 Å². The van der Waals surface area contributed by atoms with E-state index in [9.17, 15) is 22.8 Å². The van der Waals surface area contributed by atoms with E-state index in [1.807, 2.05) is 7.05 Å². The number of carbonyl (C=O) groups excluding carboxylic acids is 2. The van der Waals surface area contributed by atoms with Gasteiger partial charge in [-0.05, 0) is 51.1 Å². The summed E-state index contributed by atoms with van der Waals surface area (Å²) in [4.78, 5) is 37.1. The SMILES string of the molecule is C.CCNC(=O)[C@H]1CCC[C@H]1Nc1nc(Nc2ccc(C(=O)N3CCN(C)CC3)cc2)ncc1C(F)(F)F. The number of hydrogen-bond donors (Lipinski definition) is 3. The number of nitrogens with one attached hydrogen (secondary N) is 3. The Morgan fingerprint density at radius 3 is 2.39 bits per heavy atom. The third-order valence-corrected chi connectivity index (χ3v) is 6.80.